The van der Waals surface area contributed by atoms with Crippen molar-refractivity contribution in [2.24, 2.45) is 0 Å². The monoisotopic (exact) mass is 313 g/mol. The van der Waals surface area contributed by atoms with Crippen LogP contribution in [0.4, 0.5) is 0 Å². The minimum Gasteiger partial charge on any atom is -0.496 e. The average molecular weight is 313 g/mol. The molecule has 0 bridgehead atoms. The number of carbonyl (C=O) groups excluding carboxylic acids is 1. The van der Waals surface area contributed by atoms with Gasteiger partial charge in [0.05, 0.1) is 26.3 Å². The summed E-state index contributed by atoms with van der Waals surface area (Å²) in [5.74, 6) is 1.32. The molecule has 1 amide bonds. The summed E-state index contributed by atoms with van der Waals surface area (Å²) in [6.07, 6.45) is 5.88. The normalized spacial score (nSPS) is 17.1. The second kappa shape index (κ2) is 7.09. The van der Waals surface area contributed by atoms with Gasteiger partial charge in [-0.05, 0) is 6.07 Å². The molecule has 120 valence electrons. The second-order valence-corrected chi connectivity index (χ2v) is 5.40. The first-order valence-corrected chi connectivity index (χ1v) is 7.58. The molecule has 1 aliphatic heterocycles. The van der Waals surface area contributed by atoms with Gasteiger partial charge in [0.1, 0.15) is 11.9 Å². The van der Waals surface area contributed by atoms with Crippen molar-refractivity contribution in [3.8, 4) is 11.6 Å². The zero-order valence-corrected chi connectivity index (χ0v) is 13.0. The minimum atomic E-state index is -0.0340. The van der Waals surface area contributed by atoms with Crippen LogP contribution in [0.1, 0.15) is 12.0 Å². The van der Waals surface area contributed by atoms with Gasteiger partial charge in [0, 0.05) is 30.9 Å². The Kier molecular flexibility index (Phi) is 4.71. The Morgan fingerprint density at radius 2 is 2.22 bits per heavy atom. The lowest BCUT2D eigenvalue weighted by atomic mass is 10.1. The van der Waals surface area contributed by atoms with E-state index in [2.05, 4.69) is 9.97 Å². The van der Waals surface area contributed by atoms with E-state index in [-0.39, 0.29) is 12.0 Å². The van der Waals surface area contributed by atoms with Crippen molar-refractivity contribution < 1.29 is 14.3 Å². The Morgan fingerprint density at radius 1 is 1.35 bits per heavy atom. The maximum atomic E-state index is 12.5. The van der Waals surface area contributed by atoms with Crippen LogP contribution in [0, 0.1) is 0 Å². The molecule has 6 heteroatoms. The van der Waals surface area contributed by atoms with Crippen molar-refractivity contribution in [2.45, 2.75) is 18.9 Å². The molecule has 1 atom stereocenters. The van der Waals surface area contributed by atoms with Crippen molar-refractivity contribution in [1.82, 2.24) is 14.9 Å². The number of nitrogens with zero attached hydrogens (tertiary/aromatic N) is 3. The highest BCUT2D eigenvalue weighted by atomic mass is 16.5. The molecule has 0 N–H and O–H groups in total. The smallest absolute Gasteiger partial charge is 0.232 e. The zero-order chi connectivity index (χ0) is 16.1. The Morgan fingerprint density at radius 3 is 3.00 bits per heavy atom. The first kappa shape index (κ1) is 15.3. The number of likely N-dealkylation sites (tertiary alicyclic amines) is 1. The van der Waals surface area contributed by atoms with Gasteiger partial charge in [-0.1, -0.05) is 18.2 Å². The van der Waals surface area contributed by atoms with Gasteiger partial charge in [0.2, 0.25) is 11.8 Å². The number of aromatic nitrogens is 2. The number of methoxy groups -OCH3 is 1. The van der Waals surface area contributed by atoms with Gasteiger partial charge in [0.15, 0.2) is 0 Å². The van der Waals surface area contributed by atoms with Gasteiger partial charge >= 0.3 is 0 Å². The molecule has 0 spiro atoms. The first-order valence-electron chi connectivity index (χ1n) is 7.58. The Balaban J connectivity index is 1.57. The molecular weight excluding hydrogens is 294 g/mol. The average Bonchev–Trinajstić information content (AvgIpc) is 3.05. The van der Waals surface area contributed by atoms with Crippen molar-refractivity contribution >= 4 is 5.91 Å². The molecule has 1 unspecified atom stereocenters. The SMILES string of the molecule is COc1ccccc1CC(=O)N1CCC(Oc2cnccn2)C1. The van der Waals surface area contributed by atoms with Crippen LogP contribution >= 0.6 is 0 Å². The van der Waals surface area contributed by atoms with Crippen molar-refractivity contribution in [3.05, 3.63) is 48.4 Å². The fraction of sp³-hybridized carbons (Fsp3) is 0.353. The van der Waals surface area contributed by atoms with E-state index in [1.54, 1.807) is 25.7 Å². The fourth-order valence-corrected chi connectivity index (χ4v) is 2.69. The Bertz CT molecular complexity index is 663. The third-order valence-corrected chi connectivity index (χ3v) is 3.86. The summed E-state index contributed by atoms with van der Waals surface area (Å²) in [6.45, 7) is 1.27. The molecule has 3 rings (SSSR count). The van der Waals surface area contributed by atoms with Crippen molar-refractivity contribution in [3.63, 3.8) is 0 Å². The predicted octanol–water partition coefficient (Wildman–Crippen LogP) is 1.71. The lowest BCUT2D eigenvalue weighted by Gasteiger charge is -2.17. The van der Waals surface area contributed by atoms with Crippen LogP contribution in [0.3, 0.4) is 0 Å². The Labute approximate surface area is 135 Å². The summed E-state index contributed by atoms with van der Waals surface area (Å²) in [5, 5.41) is 0. The summed E-state index contributed by atoms with van der Waals surface area (Å²) in [7, 11) is 1.62. The van der Waals surface area contributed by atoms with E-state index < -0.39 is 0 Å². The molecule has 1 fully saturated rings. The second-order valence-electron chi connectivity index (χ2n) is 5.40. The zero-order valence-electron chi connectivity index (χ0n) is 13.0. The van der Waals surface area contributed by atoms with Gasteiger partial charge in [-0.25, -0.2) is 4.98 Å². The molecular formula is C17H19N3O3. The van der Waals surface area contributed by atoms with Crippen LogP contribution in [0.2, 0.25) is 0 Å². The van der Waals surface area contributed by atoms with Crippen LogP contribution in [0.15, 0.2) is 42.9 Å². The molecule has 0 saturated carbocycles. The highest BCUT2D eigenvalue weighted by Gasteiger charge is 2.28. The van der Waals surface area contributed by atoms with Gasteiger partial charge < -0.3 is 14.4 Å². The topological polar surface area (TPSA) is 64.5 Å². The minimum absolute atomic E-state index is 0.0340. The largest absolute Gasteiger partial charge is 0.496 e. The molecule has 23 heavy (non-hydrogen) atoms. The predicted molar refractivity (Wildman–Crippen MR) is 84.3 cm³/mol. The third kappa shape index (κ3) is 3.77. The molecule has 2 aromatic rings. The summed E-state index contributed by atoms with van der Waals surface area (Å²) in [5.41, 5.74) is 0.901. The standard InChI is InChI=1S/C17H19N3O3/c1-22-15-5-3-2-4-13(15)10-17(21)20-9-6-14(12-20)23-16-11-18-7-8-19-16/h2-5,7-8,11,14H,6,9-10,12H2,1H3. The molecule has 1 aromatic carbocycles. The number of rotatable bonds is 5. The van der Waals surface area contributed by atoms with E-state index in [4.69, 9.17) is 9.47 Å². The first-order chi connectivity index (χ1) is 11.3. The van der Waals surface area contributed by atoms with Crippen LogP contribution in [-0.4, -0.2) is 47.1 Å². The number of hydrogen-bond acceptors (Lipinski definition) is 5. The molecule has 1 saturated heterocycles. The van der Waals surface area contributed by atoms with Crippen LogP contribution < -0.4 is 9.47 Å². The molecule has 1 aliphatic rings. The number of amides is 1. The summed E-state index contributed by atoms with van der Waals surface area (Å²) >= 11 is 0. The maximum absolute atomic E-state index is 12.5. The van der Waals surface area contributed by atoms with E-state index >= 15 is 0 Å². The number of para-hydroxylation sites is 1. The fourth-order valence-electron chi connectivity index (χ4n) is 2.69. The number of benzene rings is 1. The van der Waals surface area contributed by atoms with Gasteiger partial charge in [-0.2, -0.15) is 0 Å². The van der Waals surface area contributed by atoms with E-state index in [1.165, 1.54) is 0 Å². The molecule has 1 aromatic heterocycles. The molecule has 0 radical (unpaired) electrons. The number of carbonyl (C=O) groups is 1. The molecule has 0 aliphatic carbocycles. The lowest BCUT2D eigenvalue weighted by molar-refractivity contribution is -0.129. The summed E-state index contributed by atoms with van der Waals surface area (Å²) in [6, 6.07) is 7.59. The molecule has 2 heterocycles. The summed E-state index contributed by atoms with van der Waals surface area (Å²) < 4.78 is 11.1. The van der Waals surface area contributed by atoms with E-state index in [1.807, 2.05) is 29.2 Å². The molecule has 6 nitrogen and oxygen atoms in total. The van der Waals surface area contributed by atoms with Crippen LogP contribution in [0.5, 0.6) is 11.6 Å². The van der Waals surface area contributed by atoms with E-state index in [0.717, 1.165) is 17.7 Å². The third-order valence-electron chi connectivity index (χ3n) is 3.86. The van der Waals surface area contributed by atoms with Crippen LogP contribution in [-0.2, 0) is 11.2 Å². The van der Waals surface area contributed by atoms with Gasteiger partial charge in [-0.15, -0.1) is 0 Å². The Hall–Kier alpha value is -2.63. The van der Waals surface area contributed by atoms with Crippen LogP contribution in [0.25, 0.3) is 0 Å². The maximum Gasteiger partial charge on any atom is 0.232 e. The van der Waals surface area contributed by atoms with Crippen molar-refractivity contribution in [1.29, 1.82) is 0 Å². The number of ether oxygens (including phenoxy) is 2. The highest BCUT2D eigenvalue weighted by Crippen LogP contribution is 2.21. The van der Waals surface area contributed by atoms with E-state index in [0.29, 0.717) is 25.4 Å². The van der Waals surface area contributed by atoms with Gasteiger partial charge in [-0.3, -0.25) is 9.78 Å². The summed E-state index contributed by atoms with van der Waals surface area (Å²) in [4.78, 5) is 22.4. The van der Waals surface area contributed by atoms with E-state index in [9.17, 15) is 4.79 Å². The van der Waals surface area contributed by atoms with Gasteiger partial charge in [0.25, 0.3) is 0 Å². The highest BCUT2D eigenvalue weighted by molar-refractivity contribution is 5.79. The number of hydrogen-bond donors (Lipinski definition) is 0. The quantitative estimate of drug-likeness (QED) is 0.841. The van der Waals surface area contributed by atoms with Crippen molar-refractivity contribution in [2.75, 3.05) is 20.2 Å². The lowest BCUT2D eigenvalue weighted by Crippen LogP contribution is -2.32.